The van der Waals surface area contributed by atoms with Crippen LogP contribution >= 0.6 is 0 Å². The zero-order chi connectivity index (χ0) is 17.7. The molecule has 0 amide bonds. The molecule has 1 aromatic heterocycles. The fourth-order valence-electron chi connectivity index (χ4n) is 4.80. The van der Waals surface area contributed by atoms with Crippen LogP contribution < -0.4 is 5.32 Å². The molecule has 0 radical (unpaired) electrons. The first-order valence-corrected chi connectivity index (χ1v) is 10.4. The second-order valence-electron chi connectivity index (χ2n) is 8.32. The Labute approximate surface area is 155 Å². The van der Waals surface area contributed by atoms with E-state index < -0.39 is 0 Å². The molecule has 1 saturated carbocycles. The van der Waals surface area contributed by atoms with Gasteiger partial charge in [0.05, 0.1) is 5.52 Å². The van der Waals surface area contributed by atoms with Crippen molar-refractivity contribution in [3.05, 3.63) is 29.0 Å². The minimum atomic E-state index is 0.462. The van der Waals surface area contributed by atoms with Crippen molar-refractivity contribution < 1.29 is 5.11 Å². The number of nitrogens with one attached hydrogen (secondary N) is 1. The highest BCUT2D eigenvalue weighted by atomic mass is 16.3. The maximum absolute atomic E-state index is 10.6. The number of fused-ring (bicyclic) bond motifs is 2. The summed E-state index contributed by atoms with van der Waals surface area (Å²) in [5.41, 5.74) is 6.10. The lowest BCUT2D eigenvalue weighted by Gasteiger charge is -2.32. The van der Waals surface area contributed by atoms with Crippen LogP contribution in [-0.4, -0.2) is 40.7 Å². The minimum absolute atomic E-state index is 0.462. The fraction of sp³-hybridized carbons (Fsp3) is 0.591. The average molecular weight is 351 g/mol. The summed E-state index contributed by atoms with van der Waals surface area (Å²) in [4.78, 5) is 7.52. The lowest BCUT2D eigenvalue weighted by atomic mass is 9.99. The van der Waals surface area contributed by atoms with E-state index in [1.807, 2.05) is 6.07 Å². The van der Waals surface area contributed by atoms with E-state index >= 15 is 0 Å². The molecule has 0 atom stereocenters. The van der Waals surface area contributed by atoms with Crippen molar-refractivity contribution >= 4 is 16.6 Å². The molecule has 1 aromatic carbocycles. The van der Waals surface area contributed by atoms with Crippen LogP contribution in [-0.2, 0) is 12.8 Å². The molecule has 1 saturated heterocycles. The lowest BCUT2D eigenvalue weighted by Crippen LogP contribution is -2.39. The summed E-state index contributed by atoms with van der Waals surface area (Å²) >= 11 is 0. The Bertz CT molecular complexity index is 835. The smallest absolute Gasteiger partial charge is 0.119 e. The van der Waals surface area contributed by atoms with Crippen molar-refractivity contribution in [3.63, 3.8) is 0 Å². The van der Waals surface area contributed by atoms with Gasteiger partial charge in [-0.1, -0.05) is 6.92 Å². The van der Waals surface area contributed by atoms with Crippen LogP contribution in [0.3, 0.4) is 0 Å². The number of phenols is 1. The zero-order valence-corrected chi connectivity index (χ0v) is 15.7. The largest absolute Gasteiger partial charge is 0.508 e. The summed E-state index contributed by atoms with van der Waals surface area (Å²) < 4.78 is 0. The SMILES string of the molecule is CCN1CCC(Nc2c3c(nc4cc(C5CC5)c(O)cc24)CCC3)CC1. The van der Waals surface area contributed by atoms with Gasteiger partial charge in [-0.2, -0.15) is 0 Å². The van der Waals surface area contributed by atoms with E-state index in [-0.39, 0.29) is 0 Å². The lowest BCUT2D eigenvalue weighted by molar-refractivity contribution is 0.229. The maximum Gasteiger partial charge on any atom is 0.119 e. The Morgan fingerprint density at radius 1 is 1.15 bits per heavy atom. The van der Waals surface area contributed by atoms with Crippen LogP contribution in [0.2, 0.25) is 0 Å². The van der Waals surface area contributed by atoms with Crippen molar-refractivity contribution in [3.8, 4) is 5.75 Å². The molecule has 2 aromatic rings. The number of phenolic OH excluding ortho intramolecular Hbond substituents is 1. The summed E-state index contributed by atoms with van der Waals surface area (Å²) in [7, 11) is 0. The average Bonchev–Trinajstić information content (AvgIpc) is 3.40. The molecule has 2 fully saturated rings. The number of likely N-dealkylation sites (tertiary alicyclic amines) is 1. The Morgan fingerprint density at radius 2 is 1.96 bits per heavy atom. The second-order valence-corrected chi connectivity index (χ2v) is 8.32. The molecule has 4 heteroatoms. The van der Waals surface area contributed by atoms with Crippen LogP contribution in [0.1, 0.15) is 61.8 Å². The standard InChI is InChI=1S/C22H29N3O/c1-2-25-10-8-15(9-11-25)23-22-16-4-3-5-19(16)24-20-12-17(14-6-7-14)21(26)13-18(20)22/h12-15,26H,2-11H2,1H3,(H,23,24). The van der Waals surface area contributed by atoms with E-state index in [0.717, 1.165) is 35.9 Å². The molecule has 0 spiro atoms. The number of benzene rings is 1. The second kappa shape index (κ2) is 6.41. The number of aromatic nitrogens is 1. The van der Waals surface area contributed by atoms with Gasteiger partial charge in [-0.3, -0.25) is 4.98 Å². The van der Waals surface area contributed by atoms with Crippen molar-refractivity contribution in [2.75, 3.05) is 25.0 Å². The maximum atomic E-state index is 10.6. The van der Waals surface area contributed by atoms with Crippen LogP contribution in [0.15, 0.2) is 12.1 Å². The number of aryl methyl sites for hydroxylation is 1. The van der Waals surface area contributed by atoms with Crippen molar-refractivity contribution in [2.24, 2.45) is 0 Å². The quantitative estimate of drug-likeness (QED) is 0.867. The van der Waals surface area contributed by atoms with E-state index in [0.29, 0.717) is 17.7 Å². The summed E-state index contributed by atoms with van der Waals surface area (Å²) in [6, 6.07) is 4.67. The summed E-state index contributed by atoms with van der Waals surface area (Å²) in [6.07, 6.45) is 8.18. The van der Waals surface area contributed by atoms with Crippen LogP contribution in [0.4, 0.5) is 5.69 Å². The molecular weight excluding hydrogens is 322 g/mol. The third-order valence-corrected chi connectivity index (χ3v) is 6.56. The molecule has 2 heterocycles. The fourth-order valence-corrected chi connectivity index (χ4v) is 4.80. The number of nitrogens with zero attached hydrogens (tertiary/aromatic N) is 2. The highest BCUT2D eigenvalue weighted by Gasteiger charge is 2.29. The first-order chi connectivity index (χ1) is 12.7. The van der Waals surface area contributed by atoms with Gasteiger partial charge in [-0.15, -0.1) is 0 Å². The molecule has 2 N–H and O–H groups in total. The monoisotopic (exact) mass is 351 g/mol. The first-order valence-electron chi connectivity index (χ1n) is 10.4. The molecule has 2 aliphatic carbocycles. The number of hydrogen-bond donors (Lipinski definition) is 2. The van der Waals surface area contributed by atoms with E-state index in [2.05, 4.69) is 23.2 Å². The molecule has 3 aliphatic rings. The number of anilines is 1. The van der Waals surface area contributed by atoms with Crippen LogP contribution in [0, 0.1) is 0 Å². The highest BCUT2D eigenvalue weighted by molar-refractivity contribution is 5.95. The normalized spacial score (nSPS) is 21.3. The molecule has 0 bridgehead atoms. The van der Waals surface area contributed by atoms with Crippen molar-refractivity contribution in [1.82, 2.24) is 9.88 Å². The van der Waals surface area contributed by atoms with Crippen LogP contribution in [0.5, 0.6) is 5.75 Å². The van der Waals surface area contributed by atoms with Crippen molar-refractivity contribution in [1.29, 1.82) is 0 Å². The summed E-state index contributed by atoms with van der Waals surface area (Å²) in [5, 5.41) is 15.6. The Morgan fingerprint density at radius 3 is 2.69 bits per heavy atom. The van der Waals surface area contributed by atoms with Crippen molar-refractivity contribution in [2.45, 2.75) is 63.8 Å². The Balaban J connectivity index is 1.53. The van der Waals surface area contributed by atoms with E-state index in [9.17, 15) is 5.11 Å². The summed E-state index contributed by atoms with van der Waals surface area (Å²) in [6.45, 7) is 5.75. The topological polar surface area (TPSA) is 48.4 Å². The molecule has 5 rings (SSSR count). The molecular formula is C22H29N3O. The Kier molecular flexibility index (Phi) is 4.04. The van der Waals surface area contributed by atoms with Gasteiger partial charge in [0.2, 0.25) is 0 Å². The van der Waals surface area contributed by atoms with Gasteiger partial charge < -0.3 is 15.3 Å². The number of pyridine rings is 1. The molecule has 4 nitrogen and oxygen atoms in total. The van der Waals surface area contributed by atoms with Gasteiger partial charge in [0, 0.05) is 35.9 Å². The Hall–Kier alpha value is -1.81. The number of piperidine rings is 1. The summed E-state index contributed by atoms with van der Waals surface area (Å²) in [5.74, 6) is 1.01. The predicted molar refractivity (Wildman–Crippen MR) is 106 cm³/mol. The predicted octanol–water partition coefficient (Wildman–Crippen LogP) is 4.20. The molecule has 138 valence electrons. The third-order valence-electron chi connectivity index (χ3n) is 6.56. The van der Waals surface area contributed by atoms with Crippen LogP contribution in [0.25, 0.3) is 10.9 Å². The highest BCUT2D eigenvalue weighted by Crippen LogP contribution is 2.46. The van der Waals surface area contributed by atoms with Gasteiger partial charge in [0.25, 0.3) is 0 Å². The van der Waals surface area contributed by atoms with Gasteiger partial charge in [0.1, 0.15) is 5.75 Å². The first kappa shape index (κ1) is 16.4. The van der Waals surface area contributed by atoms with E-state index in [1.165, 1.54) is 62.1 Å². The zero-order valence-electron chi connectivity index (χ0n) is 15.7. The van der Waals surface area contributed by atoms with Gasteiger partial charge >= 0.3 is 0 Å². The number of aromatic hydroxyl groups is 1. The molecule has 26 heavy (non-hydrogen) atoms. The van der Waals surface area contributed by atoms with Gasteiger partial charge in [-0.25, -0.2) is 0 Å². The number of rotatable bonds is 4. The third kappa shape index (κ3) is 2.84. The molecule has 0 unspecified atom stereocenters. The number of hydrogen-bond acceptors (Lipinski definition) is 4. The molecule has 1 aliphatic heterocycles. The van der Waals surface area contributed by atoms with Gasteiger partial charge in [-0.05, 0) is 80.7 Å². The van der Waals surface area contributed by atoms with E-state index in [4.69, 9.17) is 4.98 Å². The minimum Gasteiger partial charge on any atom is -0.508 e. The van der Waals surface area contributed by atoms with Gasteiger partial charge in [0.15, 0.2) is 0 Å². The van der Waals surface area contributed by atoms with E-state index in [1.54, 1.807) is 0 Å².